The third kappa shape index (κ3) is 3.81. The van der Waals surface area contributed by atoms with Gasteiger partial charge in [-0.25, -0.2) is 0 Å². The summed E-state index contributed by atoms with van der Waals surface area (Å²) in [6.45, 7) is 6.21. The van der Waals surface area contributed by atoms with Crippen molar-refractivity contribution < 1.29 is 5.11 Å². The van der Waals surface area contributed by atoms with Crippen LogP contribution in [0.4, 0.5) is 0 Å². The summed E-state index contributed by atoms with van der Waals surface area (Å²) in [7, 11) is 0. The lowest BCUT2D eigenvalue weighted by Crippen LogP contribution is -2.22. The second-order valence-corrected chi connectivity index (χ2v) is 5.01. The van der Waals surface area contributed by atoms with Gasteiger partial charge >= 0.3 is 0 Å². The molecule has 0 aromatic heterocycles. The molecule has 0 amide bonds. The molecule has 0 heterocycles. The zero-order valence-electron chi connectivity index (χ0n) is 9.13. The highest BCUT2D eigenvalue weighted by Crippen LogP contribution is 2.29. The molecule has 0 saturated carbocycles. The molecule has 0 radical (unpaired) electrons. The molecular formula is C12H15BrClNO. The predicted octanol–water partition coefficient (Wildman–Crippen LogP) is 3.95. The smallest absolute Gasteiger partial charge is 0.120 e. The van der Waals surface area contributed by atoms with Crippen molar-refractivity contribution in [2.24, 2.45) is 0 Å². The van der Waals surface area contributed by atoms with Crippen LogP contribution in [0, 0.1) is 0 Å². The minimum atomic E-state index is 0.0769. The SMILES string of the molecule is C=C(Cl)CNC(CC)c1cc(Br)ccc1O. The normalized spacial score (nSPS) is 12.4. The minimum absolute atomic E-state index is 0.0769. The number of hydrogen-bond donors (Lipinski definition) is 2. The maximum atomic E-state index is 9.79. The Balaban J connectivity index is 2.85. The Kier molecular flexibility index (Phi) is 5.32. The van der Waals surface area contributed by atoms with Crippen molar-refractivity contribution in [2.45, 2.75) is 19.4 Å². The van der Waals surface area contributed by atoms with Gasteiger partial charge in [-0.05, 0) is 24.6 Å². The Bertz CT molecular complexity index is 381. The molecule has 1 aromatic carbocycles. The van der Waals surface area contributed by atoms with E-state index < -0.39 is 0 Å². The predicted molar refractivity (Wildman–Crippen MR) is 71.8 cm³/mol. The van der Waals surface area contributed by atoms with Gasteiger partial charge in [0.1, 0.15) is 5.75 Å². The van der Waals surface area contributed by atoms with Crippen LogP contribution in [-0.4, -0.2) is 11.7 Å². The highest BCUT2D eigenvalue weighted by molar-refractivity contribution is 9.10. The molecule has 0 fully saturated rings. The fourth-order valence-electron chi connectivity index (χ4n) is 1.51. The standard InChI is InChI=1S/C12H15BrClNO/c1-3-11(15-7-8(2)14)10-6-9(13)4-5-12(10)16/h4-6,11,15-16H,2-3,7H2,1H3. The van der Waals surface area contributed by atoms with Gasteiger partial charge in [0.15, 0.2) is 0 Å². The van der Waals surface area contributed by atoms with Gasteiger partial charge in [0.05, 0.1) is 0 Å². The summed E-state index contributed by atoms with van der Waals surface area (Å²) in [5.41, 5.74) is 0.870. The number of aromatic hydroxyl groups is 1. The fraction of sp³-hybridized carbons (Fsp3) is 0.333. The van der Waals surface area contributed by atoms with E-state index in [9.17, 15) is 5.11 Å². The monoisotopic (exact) mass is 303 g/mol. The molecule has 0 bridgehead atoms. The van der Waals surface area contributed by atoms with E-state index in [1.807, 2.05) is 12.1 Å². The summed E-state index contributed by atoms with van der Waals surface area (Å²) in [5, 5.41) is 13.6. The van der Waals surface area contributed by atoms with Gasteiger partial charge in [-0.1, -0.05) is 41.0 Å². The molecule has 1 aromatic rings. The summed E-state index contributed by atoms with van der Waals surface area (Å²) < 4.78 is 0.949. The Hall–Kier alpha value is -0.510. The van der Waals surface area contributed by atoms with E-state index in [1.165, 1.54) is 0 Å². The summed E-state index contributed by atoms with van der Waals surface area (Å²) in [4.78, 5) is 0. The molecule has 16 heavy (non-hydrogen) atoms. The second kappa shape index (κ2) is 6.28. The van der Waals surface area contributed by atoms with E-state index >= 15 is 0 Å². The lowest BCUT2D eigenvalue weighted by Gasteiger charge is -2.18. The molecular weight excluding hydrogens is 289 g/mol. The van der Waals surface area contributed by atoms with E-state index in [-0.39, 0.29) is 6.04 Å². The van der Waals surface area contributed by atoms with Gasteiger partial charge < -0.3 is 10.4 Å². The number of halogens is 2. The highest BCUT2D eigenvalue weighted by Gasteiger charge is 2.13. The van der Waals surface area contributed by atoms with Crippen molar-refractivity contribution >= 4 is 27.5 Å². The summed E-state index contributed by atoms with van der Waals surface area (Å²) in [5.74, 6) is 0.294. The lowest BCUT2D eigenvalue weighted by atomic mass is 10.0. The number of nitrogens with one attached hydrogen (secondary N) is 1. The van der Waals surface area contributed by atoms with E-state index in [0.29, 0.717) is 17.3 Å². The maximum Gasteiger partial charge on any atom is 0.120 e. The van der Waals surface area contributed by atoms with Gasteiger partial charge in [0.25, 0.3) is 0 Å². The number of phenolic OH excluding ortho intramolecular Hbond substituents is 1. The molecule has 2 nitrogen and oxygen atoms in total. The van der Waals surface area contributed by atoms with Gasteiger partial charge in [-0.2, -0.15) is 0 Å². The molecule has 2 N–H and O–H groups in total. The molecule has 88 valence electrons. The van der Waals surface area contributed by atoms with Crippen molar-refractivity contribution in [3.8, 4) is 5.75 Å². The van der Waals surface area contributed by atoms with Crippen LogP contribution in [0.1, 0.15) is 24.9 Å². The van der Waals surface area contributed by atoms with E-state index in [0.717, 1.165) is 16.5 Å². The Morgan fingerprint density at radius 2 is 2.31 bits per heavy atom. The Morgan fingerprint density at radius 3 is 2.88 bits per heavy atom. The summed E-state index contributed by atoms with van der Waals surface area (Å²) in [6, 6.07) is 5.48. The van der Waals surface area contributed by atoms with Crippen LogP contribution >= 0.6 is 27.5 Å². The molecule has 0 aliphatic heterocycles. The first kappa shape index (κ1) is 13.6. The number of rotatable bonds is 5. The minimum Gasteiger partial charge on any atom is -0.508 e. The highest BCUT2D eigenvalue weighted by atomic mass is 79.9. The lowest BCUT2D eigenvalue weighted by molar-refractivity contribution is 0.446. The van der Waals surface area contributed by atoms with Crippen LogP contribution < -0.4 is 5.32 Å². The third-order valence-corrected chi connectivity index (χ3v) is 2.94. The van der Waals surface area contributed by atoms with Gasteiger partial charge in [0.2, 0.25) is 0 Å². The Labute approximate surface area is 109 Å². The largest absolute Gasteiger partial charge is 0.508 e. The van der Waals surface area contributed by atoms with Crippen molar-refractivity contribution in [3.63, 3.8) is 0 Å². The fourth-order valence-corrected chi connectivity index (χ4v) is 1.97. The zero-order chi connectivity index (χ0) is 12.1. The Morgan fingerprint density at radius 1 is 1.62 bits per heavy atom. The molecule has 0 saturated heterocycles. The zero-order valence-corrected chi connectivity index (χ0v) is 11.5. The van der Waals surface area contributed by atoms with E-state index in [2.05, 4.69) is 34.7 Å². The van der Waals surface area contributed by atoms with E-state index in [4.69, 9.17) is 11.6 Å². The molecule has 1 rings (SSSR count). The van der Waals surface area contributed by atoms with Crippen molar-refractivity contribution in [3.05, 3.63) is 39.8 Å². The first-order chi connectivity index (χ1) is 7.54. The molecule has 4 heteroatoms. The summed E-state index contributed by atoms with van der Waals surface area (Å²) >= 11 is 9.10. The topological polar surface area (TPSA) is 32.3 Å². The summed E-state index contributed by atoms with van der Waals surface area (Å²) in [6.07, 6.45) is 0.869. The quantitative estimate of drug-likeness (QED) is 0.863. The van der Waals surface area contributed by atoms with Gasteiger partial charge in [-0.15, -0.1) is 0 Å². The average Bonchev–Trinajstić information content (AvgIpc) is 2.23. The molecule has 0 aliphatic rings. The number of phenols is 1. The number of benzene rings is 1. The first-order valence-corrected chi connectivity index (χ1v) is 6.26. The van der Waals surface area contributed by atoms with Crippen LogP contribution in [0.2, 0.25) is 0 Å². The van der Waals surface area contributed by atoms with Gasteiger partial charge in [0, 0.05) is 27.7 Å². The van der Waals surface area contributed by atoms with Crippen molar-refractivity contribution in [1.82, 2.24) is 5.32 Å². The third-order valence-electron chi connectivity index (χ3n) is 2.31. The number of hydrogen-bond acceptors (Lipinski definition) is 2. The van der Waals surface area contributed by atoms with Crippen LogP contribution in [-0.2, 0) is 0 Å². The maximum absolute atomic E-state index is 9.79. The molecule has 1 unspecified atom stereocenters. The van der Waals surface area contributed by atoms with Crippen LogP contribution in [0.25, 0.3) is 0 Å². The van der Waals surface area contributed by atoms with Crippen LogP contribution in [0.3, 0.4) is 0 Å². The average molecular weight is 305 g/mol. The van der Waals surface area contributed by atoms with Crippen LogP contribution in [0.15, 0.2) is 34.3 Å². The van der Waals surface area contributed by atoms with Crippen molar-refractivity contribution in [2.75, 3.05) is 6.54 Å². The van der Waals surface area contributed by atoms with E-state index in [1.54, 1.807) is 6.07 Å². The second-order valence-electron chi connectivity index (χ2n) is 3.56. The first-order valence-electron chi connectivity index (χ1n) is 5.09. The molecule has 0 spiro atoms. The van der Waals surface area contributed by atoms with Gasteiger partial charge in [-0.3, -0.25) is 0 Å². The molecule has 0 aliphatic carbocycles. The van der Waals surface area contributed by atoms with Crippen molar-refractivity contribution in [1.29, 1.82) is 0 Å². The molecule has 1 atom stereocenters. The van der Waals surface area contributed by atoms with Crippen LogP contribution in [0.5, 0.6) is 5.75 Å².